The van der Waals surface area contributed by atoms with Crippen molar-refractivity contribution in [3.05, 3.63) is 71.8 Å². The minimum atomic E-state index is -1.01. The van der Waals surface area contributed by atoms with E-state index in [1.165, 1.54) is 14.2 Å². The third kappa shape index (κ3) is 5.08. The summed E-state index contributed by atoms with van der Waals surface area (Å²) < 4.78 is 11.4. The zero-order valence-corrected chi connectivity index (χ0v) is 20.2. The van der Waals surface area contributed by atoms with Crippen LogP contribution >= 0.6 is 0 Å². The van der Waals surface area contributed by atoms with Gasteiger partial charge in [-0.1, -0.05) is 74.5 Å². The van der Waals surface area contributed by atoms with Crippen LogP contribution in [0.2, 0.25) is 0 Å². The largest absolute Gasteiger partial charge is 0.380 e. The summed E-state index contributed by atoms with van der Waals surface area (Å²) in [5, 5.41) is 0. The normalized spacial score (nSPS) is 26.6. The summed E-state index contributed by atoms with van der Waals surface area (Å²) in [6.07, 6.45) is -1.29. The van der Waals surface area contributed by atoms with Gasteiger partial charge in [0.05, 0.1) is 35.9 Å². The smallest absolute Gasteiger partial charge is 0.170 e. The van der Waals surface area contributed by atoms with Crippen molar-refractivity contribution in [3.63, 3.8) is 0 Å². The van der Waals surface area contributed by atoms with Crippen LogP contribution in [0.4, 0.5) is 0 Å². The number of methoxy groups -OCH3 is 2. The molecule has 34 heavy (non-hydrogen) atoms. The van der Waals surface area contributed by atoms with E-state index >= 15 is 0 Å². The second kappa shape index (κ2) is 10.5. The quantitative estimate of drug-likeness (QED) is 0.380. The van der Waals surface area contributed by atoms with Crippen LogP contribution in [0, 0.1) is 10.8 Å². The molecule has 180 valence electrons. The Kier molecular flexibility index (Phi) is 7.95. The standard InChI is InChI=1S/C28H32O6/c1-27(23(31)15-21(29)19-11-7-5-8-12-19)17-26(34-4)28(2,18-25(27)33-3)24(32)16-22(30)20-13-9-6-10-14-20/h5-14,25-26H,15-18H2,1-4H3. The lowest BCUT2D eigenvalue weighted by Crippen LogP contribution is -2.58. The highest BCUT2D eigenvalue weighted by Gasteiger charge is 2.57. The molecular weight excluding hydrogens is 432 g/mol. The molecule has 0 saturated heterocycles. The highest BCUT2D eigenvalue weighted by Crippen LogP contribution is 2.49. The first-order valence-electron chi connectivity index (χ1n) is 11.4. The van der Waals surface area contributed by atoms with Gasteiger partial charge >= 0.3 is 0 Å². The predicted octanol–water partition coefficient (Wildman–Crippen LogP) is 4.51. The number of hydrogen-bond acceptors (Lipinski definition) is 6. The zero-order valence-electron chi connectivity index (χ0n) is 20.2. The van der Waals surface area contributed by atoms with Crippen molar-refractivity contribution < 1.29 is 28.7 Å². The van der Waals surface area contributed by atoms with Crippen molar-refractivity contribution in [2.75, 3.05) is 14.2 Å². The Morgan fingerprint density at radius 2 is 1.00 bits per heavy atom. The Morgan fingerprint density at radius 1 is 0.676 bits per heavy atom. The van der Waals surface area contributed by atoms with Gasteiger partial charge in [-0.15, -0.1) is 0 Å². The molecule has 1 aliphatic rings. The van der Waals surface area contributed by atoms with Crippen LogP contribution in [0.1, 0.15) is 60.2 Å². The molecule has 4 unspecified atom stereocenters. The van der Waals surface area contributed by atoms with Gasteiger partial charge in [0.15, 0.2) is 11.6 Å². The van der Waals surface area contributed by atoms with Crippen LogP contribution in [0.3, 0.4) is 0 Å². The van der Waals surface area contributed by atoms with Gasteiger partial charge in [0, 0.05) is 25.3 Å². The molecular formula is C28H32O6. The molecule has 0 aromatic heterocycles. The van der Waals surface area contributed by atoms with E-state index < -0.39 is 23.0 Å². The molecule has 1 saturated carbocycles. The molecule has 3 rings (SSSR count). The number of ketones is 4. The summed E-state index contributed by atoms with van der Waals surface area (Å²) in [5.41, 5.74) is -1.06. The maximum Gasteiger partial charge on any atom is 0.170 e. The molecule has 2 aromatic carbocycles. The van der Waals surface area contributed by atoms with Crippen molar-refractivity contribution in [2.45, 2.75) is 51.7 Å². The Labute approximate surface area is 200 Å². The maximum absolute atomic E-state index is 13.4. The molecule has 0 N–H and O–H groups in total. The summed E-state index contributed by atoms with van der Waals surface area (Å²) in [5.74, 6) is -1.00. The molecule has 0 spiro atoms. The average Bonchev–Trinajstić information content (AvgIpc) is 2.86. The van der Waals surface area contributed by atoms with Gasteiger partial charge in [-0.05, 0) is 12.8 Å². The van der Waals surface area contributed by atoms with Crippen LogP contribution in [-0.2, 0) is 19.1 Å². The van der Waals surface area contributed by atoms with E-state index in [0.29, 0.717) is 11.1 Å². The van der Waals surface area contributed by atoms with Crippen molar-refractivity contribution in [2.24, 2.45) is 10.8 Å². The van der Waals surface area contributed by atoms with Crippen LogP contribution < -0.4 is 0 Å². The van der Waals surface area contributed by atoms with Crippen LogP contribution in [0.25, 0.3) is 0 Å². The van der Waals surface area contributed by atoms with Crippen molar-refractivity contribution in [3.8, 4) is 0 Å². The Hall–Kier alpha value is -2.96. The van der Waals surface area contributed by atoms with Crippen molar-refractivity contribution in [1.29, 1.82) is 0 Å². The molecule has 0 aliphatic heterocycles. The molecule has 0 radical (unpaired) electrons. The van der Waals surface area contributed by atoms with Crippen LogP contribution in [0.5, 0.6) is 0 Å². The first-order valence-corrected chi connectivity index (χ1v) is 11.4. The molecule has 0 amide bonds. The molecule has 0 heterocycles. The average molecular weight is 465 g/mol. The lowest BCUT2D eigenvalue weighted by molar-refractivity contribution is -0.171. The highest BCUT2D eigenvalue weighted by molar-refractivity contribution is 6.11. The van der Waals surface area contributed by atoms with Crippen LogP contribution in [-0.4, -0.2) is 49.6 Å². The highest BCUT2D eigenvalue weighted by atomic mass is 16.5. The van der Waals surface area contributed by atoms with E-state index in [1.807, 2.05) is 12.1 Å². The number of rotatable bonds is 10. The predicted molar refractivity (Wildman–Crippen MR) is 128 cm³/mol. The Bertz CT molecular complexity index is 962. The van der Waals surface area contributed by atoms with E-state index in [2.05, 4.69) is 0 Å². The van der Waals surface area contributed by atoms with Gasteiger partial charge in [-0.25, -0.2) is 0 Å². The fourth-order valence-corrected chi connectivity index (χ4v) is 4.91. The molecule has 2 aromatic rings. The topological polar surface area (TPSA) is 86.7 Å². The first kappa shape index (κ1) is 25.7. The SMILES string of the molecule is COC1CC(C)(C(=O)CC(=O)c2ccccc2)C(OC)CC1(C)C(=O)CC(=O)c1ccccc1. The number of carbonyl (C=O) groups is 4. The summed E-state index contributed by atoms with van der Waals surface area (Å²) in [4.78, 5) is 52.2. The van der Waals surface area contributed by atoms with E-state index in [4.69, 9.17) is 9.47 Å². The first-order chi connectivity index (χ1) is 16.2. The summed E-state index contributed by atoms with van der Waals surface area (Å²) >= 11 is 0. The monoisotopic (exact) mass is 464 g/mol. The number of ether oxygens (including phenoxy) is 2. The third-order valence-electron chi connectivity index (χ3n) is 7.32. The van der Waals surface area contributed by atoms with Gasteiger partial charge in [-0.2, -0.15) is 0 Å². The minimum Gasteiger partial charge on any atom is -0.380 e. The van der Waals surface area contributed by atoms with E-state index in [-0.39, 0.29) is 48.8 Å². The summed E-state index contributed by atoms with van der Waals surface area (Å²) in [6.45, 7) is 3.54. The van der Waals surface area contributed by atoms with Gasteiger partial charge in [0.25, 0.3) is 0 Å². The number of Topliss-reactive ketones (excluding diaryl/α,β-unsaturated/α-hetero) is 4. The molecule has 4 atom stereocenters. The van der Waals surface area contributed by atoms with Gasteiger partial charge in [0.2, 0.25) is 0 Å². The minimum absolute atomic E-state index is 0.213. The van der Waals surface area contributed by atoms with E-state index in [1.54, 1.807) is 62.4 Å². The molecule has 1 aliphatic carbocycles. The van der Waals surface area contributed by atoms with Gasteiger partial charge in [0.1, 0.15) is 11.6 Å². The maximum atomic E-state index is 13.4. The lowest BCUT2D eigenvalue weighted by atomic mass is 9.58. The second-order valence-corrected chi connectivity index (χ2v) is 9.47. The van der Waals surface area contributed by atoms with E-state index in [9.17, 15) is 19.2 Å². The fraction of sp³-hybridized carbons (Fsp3) is 0.429. The molecule has 0 bridgehead atoms. The number of benzene rings is 2. The molecule has 6 nitrogen and oxygen atoms in total. The molecule has 1 fully saturated rings. The van der Waals surface area contributed by atoms with Gasteiger partial charge in [-0.3, -0.25) is 19.2 Å². The summed E-state index contributed by atoms with van der Waals surface area (Å²) in [6, 6.07) is 17.4. The molecule has 6 heteroatoms. The van der Waals surface area contributed by atoms with E-state index in [0.717, 1.165) is 0 Å². The van der Waals surface area contributed by atoms with Crippen LogP contribution in [0.15, 0.2) is 60.7 Å². The third-order valence-corrected chi connectivity index (χ3v) is 7.32. The zero-order chi connectivity index (χ0) is 24.9. The number of carbonyl (C=O) groups excluding carboxylic acids is 4. The summed E-state index contributed by atoms with van der Waals surface area (Å²) in [7, 11) is 3.00. The Morgan fingerprint density at radius 3 is 1.29 bits per heavy atom. The fourth-order valence-electron chi connectivity index (χ4n) is 4.91. The van der Waals surface area contributed by atoms with Crippen molar-refractivity contribution in [1.82, 2.24) is 0 Å². The van der Waals surface area contributed by atoms with Gasteiger partial charge < -0.3 is 9.47 Å². The van der Waals surface area contributed by atoms with Crippen molar-refractivity contribution >= 4 is 23.1 Å². The second-order valence-electron chi connectivity index (χ2n) is 9.47. The number of hydrogen-bond donors (Lipinski definition) is 0. The lowest BCUT2D eigenvalue weighted by Gasteiger charge is -2.50. The Balaban J connectivity index is 1.80.